The van der Waals surface area contributed by atoms with E-state index in [1.165, 1.54) is 18.5 Å². The lowest BCUT2D eigenvalue weighted by molar-refractivity contribution is -0.141. The maximum absolute atomic E-state index is 13.6. The van der Waals surface area contributed by atoms with Crippen LogP contribution >= 0.6 is 0 Å². The van der Waals surface area contributed by atoms with Crippen LogP contribution in [0.5, 0.6) is 0 Å². The Kier molecular flexibility index (Phi) is 3.41. The summed E-state index contributed by atoms with van der Waals surface area (Å²) in [5, 5.41) is 3.63. The summed E-state index contributed by atoms with van der Waals surface area (Å²) in [7, 11) is 0. The highest BCUT2D eigenvalue weighted by Crippen LogP contribution is 2.47. The summed E-state index contributed by atoms with van der Waals surface area (Å²) < 4.78 is 41.6. The minimum atomic E-state index is -4.70. The zero-order chi connectivity index (χ0) is 17.8. The van der Waals surface area contributed by atoms with Gasteiger partial charge in [-0.25, -0.2) is 9.97 Å². The van der Waals surface area contributed by atoms with E-state index < -0.39 is 11.9 Å². The van der Waals surface area contributed by atoms with Crippen molar-refractivity contribution in [1.29, 1.82) is 0 Å². The Morgan fingerprint density at radius 3 is 2.64 bits per heavy atom. The maximum atomic E-state index is 13.6. The van der Waals surface area contributed by atoms with E-state index in [0.717, 1.165) is 10.3 Å². The third kappa shape index (κ3) is 2.50. The van der Waals surface area contributed by atoms with Gasteiger partial charge in [-0.05, 0) is 30.9 Å². The number of fused-ring (bicyclic) bond motifs is 2. The number of aromatic nitrogens is 4. The molecule has 1 atom stereocenters. The first-order valence-corrected chi connectivity index (χ1v) is 7.83. The molecule has 2 aliphatic rings. The van der Waals surface area contributed by atoms with E-state index in [4.69, 9.17) is 5.73 Å². The van der Waals surface area contributed by atoms with Crippen LogP contribution in [-0.4, -0.2) is 25.5 Å². The molecule has 2 aliphatic carbocycles. The van der Waals surface area contributed by atoms with Gasteiger partial charge >= 0.3 is 6.18 Å². The maximum Gasteiger partial charge on any atom is 0.435 e. The van der Waals surface area contributed by atoms with E-state index in [-0.39, 0.29) is 35.5 Å². The van der Waals surface area contributed by atoms with Gasteiger partial charge in [0, 0.05) is 24.7 Å². The lowest BCUT2D eigenvalue weighted by Gasteiger charge is -2.19. The standard InChI is InChI=1S/C16H14F3N5O/c17-16(18,19)13-12(10-7-11(25)9-3-2-8(10)6-9)14(20)24(23-13)15-21-4-1-5-22-15/h1,4-5,9H,2-3,6-7,20H2. The minimum absolute atomic E-state index is 0.0331. The van der Waals surface area contributed by atoms with Crippen LogP contribution in [0, 0.1) is 5.92 Å². The zero-order valence-electron chi connectivity index (χ0n) is 13.0. The molecule has 0 spiro atoms. The Labute approximate surface area is 140 Å². The summed E-state index contributed by atoms with van der Waals surface area (Å²) in [6, 6.07) is 1.54. The monoisotopic (exact) mass is 349 g/mol. The van der Waals surface area contributed by atoms with Crippen molar-refractivity contribution < 1.29 is 18.0 Å². The molecule has 2 aromatic rings. The fraction of sp³-hybridized carbons (Fsp3) is 0.375. The second-order valence-electron chi connectivity index (χ2n) is 6.23. The molecule has 130 valence electrons. The van der Waals surface area contributed by atoms with Crippen molar-refractivity contribution in [3.8, 4) is 5.95 Å². The second-order valence-corrected chi connectivity index (χ2v) is 6.23. The van der Waals surface area contributed by atoms with Crippen LogP contribution in [0.1, 0.15) is 36.9 Å². The van der Waals surface area contributed by atoms with E-state index in [0.29, 0.717) is 24.8 Å². The molecule has 0 amide bonds. The number of nitrogen functional groups attached to an aromatic ring is 1. The summed E-state index contributed by atoms with van der Waals surface area (Å²) in [5.74, 6) is -0.345. The van der Waals surface area contributed by atoms with Crippen molar-refractivity contribution in [1.82, 2.24) is 19.7 Å². The topological polar surface area (TPSA) is 86.7 Å². The smallest absolute Gasteiger partial charge is 0.383 e. The molecule has 0 aliphatic heterocycles. The highest BCUT2D eigenvalue weighted by molar-refractivity contribution is 5.98. The molecular weight excluding hydrogens is 335 g/mol. The number of carbonyl (C=O) groups excluding carboxylic acids is 1. The molecule has 1 fully saturated rings. The van der Waals surface area contributed by atoms with Gasteiger partial charge in [0.25, 0.3) is 5.95 Å². The van der Waals surface area contributed by atoms with Gasteiger partial charge in [0.05, 0.1) is 5.56 Å². The quantitative estimate of drug-likeness (QED) is 0.901. The lowest BCUT2D eigenvalue weighted by atomic mass is 9.85. The molecule has 1 unspecified atom stereocenters. The number of halogens is 3. The Morgan fingerprint density at radius 1 is 1.24 bits per heavy atom. The number of nitrogens with zero attached hydrogens (tertiary/aromatic N) is 4. The van der Waals surface area contributed by atoms with Crippen molar-refractivity contribution >= 4 is 17.2 Å². The van der Waals surface area contributed by atoms with Crippen LogP contribution in [0.15, 0.2) is 24.0 Å². The molecule has 25 heavy (non-hydrogen) atoms. The molecule has 2 heterocycles. The summed E-state index contributed by atoms with van der Waals surface area (Å²) in [6.45, 7) is 0. The van der Waals surface area contributed by atoms with Crippen LogP contribution in [0.4, 0.5) is 19.0 Å². The summed E-state index contributed by atoms with van der Waals surface area (Å²) in [5.41, 5.74) is 5.95. The summed E-state index contributed by atoms with van der Waals surface area (Å²) >= 11 is 0. The van der Waals surface area contributed by atoms with Crippen molar-refractivity contribution in [3.05, 3.63) is 35.3 Å². The number of hydrogen-bond donors (Lipinski definition) is 1. The van der Waals surface area contributed by atoms with Crippen LogP contribution in [-0.2, 0) is 11.0 Å². The zero-order valence-corrected chi connectivity index (χ0v) is 13.0. The highest BCUT2D eigenvalue weighted by atomic mass is 19.4. The van der Waals surface area contributed by atoms with E-state index in [9.17, 15) is 18.0 Å². The first-order valence-electron chi connectivity index (χ1n) is 7.83. The Bertz CT molecular complexity index is 885. The average molecular weight is 349 g/mol. The van der Waals surface area contributed by atoms with E-state index in [1.807, 2.05) is 0 Å². The number of hydrogen-bond acceptors (Lipinski definition) is 5. The molecule has 4 rings (SSSR count). The SMILES string of the molecule is Nc1c(C2=C3CCC(C3)C(=O)C2)c(C(F)(F)F)nn1-c1ncccn1. The molecule has 2 N–H and O–H groups in total. The summed E-state index contributed by atoms with van der Waals surface area (Å²) in [6.07, 6.45) is -0.125. The van der Waals surface area contributed by atoms with Gasteiger partial charge in [-0.3, -0.25) is 4.79 Å². The van der Waals surface area contributed by atoms with E-state index >= 15 is 0 Å². The molecule has 6 nitrogen and oxygen atoms in total. The van der Waals surface area contributed by atoms with Gasteiger partial charge in [-0.15, -0.1) is 0 Å². The van der Waals surface area contributed by atoms with Crippen LogP contribution in [0.2, 0.25) is 0 Å². The number of rotatable bonds is 2. The van der Waals surface area contributed by atoms with Crippen LogP contribution in [0.25, 0.3) is 11.5 Å². The molecule has 0 saturated heterocycles. The number of anilines is 1. The largest absolute Gasteiger partial charge is 0.435 e. The van der Waals surface area contributed by atoms with Crippen molar-refractivity contribution in [2.75, 3.05) is 5.73 Å². The lowest BCUT2D eigenvalue weighted by Crippen LogP contribution is -2.17. The van der Waals surface area contributed by atoms with Crippen molar-refractivity contribution in [2.24, 2.45) is 5.92 Å². The van der Waals surface area contributed by atoms with Crippen molar-refractivity contribution in [2.45, 2.75) is 31.9 Å². The second kappa shape index (κ2) is 5.40. The van der Waals surface area contributed by atoms with E-state index in [1.54, 1.807) is 0 Å². The first kappa shape index (κ1) is 15.8. The van der Waals surface area contributed by atoms with Gasteiger partial charge in [0.2, 0.25) is 0 Å². The number of alkyl halides is 3. The first-order chi connectivity index (χ1) is 11.9. The predicted molar refractivity (Wildman–Crippen MR) is 82.5 cm³/mol. The number of nitrogens with two attached hydrogens (primary N) is 1. The van der Waals surface area contributed by atoms with Gasteiger partial charge < -0.3 is 5.73 Å². The number of carbonyl (C=O) groups is 1. The third-order valence-electron chi connectivity index (χ3n) is 4.75. The molecule has 1 saturated carbocycles. The normalized spacial score (nSPS) is 20.4. The number of allylic oxidation sites excluding steroid dienone is 2. The Hall–Kier alpha value is -2.71. The molecule has 2 bridgehead atoms. The fourth-order valence-corrected chi connectivity index (χ4v) is 3.59. The van der Waals surface area contributed by atoms with Gasteiger partial charge in [-0.1, -0.05) is 5.57 Å². The van der Waals surface area contributed by atoms with Crippen molar-refractivity contribution in [3.63, 3.8) is 0 Å². The molecule has 2 aromatic heterocycles. The van der Waals surface area contributed by atoms with Gasteiger partial charge in [0.1, 0.15) is 11.6 Å². The van der Waals surface area contributed by atoms with E-state index in [2.05, 4.69) is 15.1 Å². The van der Waals surface area contributed by atoms with Gasteiger partial charge in [-0.2, -0.15) is 23.0 Å². The molecule has 0 aromatic carbocycles. The Morgan fingerprint density at radius 2 is 1.96 bits per heavy atom. The predicted octanol–water partition coefficient (Wildman–Crippen LogP) is 2.79. The minimum Gasteiger partial charge on any atom is -0.383 e. The van der Waals surface area contributed by atoms with Crippen LogP contribution in [0.3, 0.4) is 0 Å². The van der Waals surface area contributed by atoms with Crippen LogP contribution < -0.4 is 5.73 Å². The molecule has 0 radical (unpaired) electrons. The fourth-order valence-electron chi connectivity index (χ4n) is 3.59. The number of Topliss-reactive ketones (excluding diaryl/α,β-unsaturated/α-hetero) is 1. The number of ketones is 1. The molecular formula is C16H14F3N5O. The summed E-state index contributed by atoms with van der Waals surface area (Å²) in [4.78, 5) is 20.0. The average Bonchev–Trinajstić information content (AvgIpc) is 3.15. The highest BCUT2D eigenvalue weighted by Gasteiger charge is 2.43. The Balaban J connectivity index is 1.94. The van der Waals surface area contributed by atoms with Gasteiger partial charge in [0.15, 0.2) is 5.69 Å². The molecule has 9 heteroatoms. The third-order valence-corrected chi connectivity index (χ3v) is 4.75.